The Morgan fingerprint density at radius 2 is 1.86 bits per heavy atom. The highest BCUT2D eigenvalue weighted by molar-refractivity contribution is 7.99. The molecule has 0 unspecified atom stereocenters. The summed E-state index contributed by atoms with van der Waals surface area (Å²) in [4.78, 5) is 26.4. The van der Waals surface area contributed by atoms with Crippen LogP contribution in [0.2, 0.25) is 0 Å². The molecule has 1 aromatic carbocycles. The van der Waals surface area contributed by atoms with Gasteiger partial charge in [-0.2, -0.15) is 0 Å². The van der Waals surface area contributed by atoms with Crippen molar-refractivity contribution < 1.29 is 9.59 Å². The Bertz CT molecular complexity index is 857. The number of carbonyl (C=O) groups excluding carboxylic acids is 2. The molecule has 158 valence electrons. The minimum atomic E-state index is -0.322. The molecule has 0 spiro atoms. The third kappa shape index (κ3) is 6.32. The summed E-state index contributed by atoms with van der Waals surface area (Å²) >= 11 is 1.35. The summed E-state index contributed by atoms with van der Waals surface area (Å²) in [6, 6.07) is 8.05. The average Bonchev–Trinajstić information content (AvgIpc) is 3.05. The predicted molar refractivity (Wildman–Crippen MR) is 117 cm³/mol. The molecule has 0 aliphatic heterocycles. The molecular weight excluding hydrogens is 386 g/mol. The highest BCUT2D eigenvalue weighted by Gasteiger charge is 2.21. The van der Waals surface area contributed by atoms with Crippen molar-refractivity contribution in [1.29, 1.82) is 0 Å². The van der Waals surface area contributed by atoms with Crippen molar-refractivity contribution in [2.45, 2.75) is 58.8 Å². The molecule has 2 amide bonds. The molecule has 0 bridgehead atoms. The lowest BCUT2D eigenvalue weighted by atomic mass is 10.1. The lowest BCUT2D eigenvalue weighted by Crippen LogP contribution is -2.47. The summed E-state index contributed by atoms with van der Waals surface area (Å²) < 4.78 is 2.02. The maximum atomic E-state index is 12.6. The van der Waals surface area contributed by atoms with Gasteiger partial charge in [-0.3, -0.25) is 9.59 Å². The number of likely N-dealkylation sites (N-methyl/N-ethyl adjacent to an activating group) is 1. The van der Waals surface area contributed by atoms with E-state index in [1.807, 2.05) is 70.4 Å². The van der Waals surface area contributed by atoms with E-state index in [0.29, 0.717) is 18.2 Å². The first-order valence-electron chi connectivity index (χ1n) is 9.87. The van der Waals surface area contributed by atoms with Crippen molar-refractivity contribution in [3.63, 3.8) is 0 Å². The van der Waals surface area contributed by atoms with Crippen molar-refractivity contribution >= 4 is 23.6 Å². The monoisotopic (exact) mass is 417 g/mol. The van der Waals surface area contributed by atoms with Crippen LogP contribution in [-0.4, -0.2) is 55.9 Å². The third-order valence-electron chi connectivity index (χ3n) is 4.33. The molecule has 29 heavy (non-hydrogen) atoms. The molecule has 0 aliphatic carbocycles. The van der Waals surface area contributed by atoms with Crippen LogP contribution >= 0.6 is 11.8 Å². The number of hydrogen-bond acceptors (Lipinski definition) is 5. The topological polar surface area (TPSA) is 80.1 Å². The average molecular weight is 418 g/mol. The standard InChI is InChI=1S/C21H31N5O2S/c1-7-25(13-17(27)22-21(4,5)6)18(28)14-29-20-24-23-19(26(20)8-2)16-12-10-9-11-15(16)3/h9-12H,7-8,13-14H2,1-6H3,(H,22,27). The van der Waals surface area contributed by atoms with E-state index in [-0.39, 0.29) is 29.7 Å². The van der Waals surface area contributed by atoms with Gasteiger partial charge < -0.3 is 14.8 Å². The van der Waals surface area contributed by atoms with E-state index < -0.39 is 0 Å². The predicted octanol–water partition coefficient (Wildman–Crippen LogP) is 3.13. The van der Waals surface area contributed by atoms with Crippen molar-refractivity contribution in [3.8, 4) is 11.4 Å². The van der Waals surface area contributed by atoms with Gasteiger partial charge in [-0.1, -0.05) is 36.0 Å². The third-order valence-corrected chi connectivity index (χ3v) is 5.28. The van der Waals surface area contributed by atoms with E-state index in [0.717, 1.165) is 17.0 Å². The molecule has 2 rings (SSSR count). The summed E-state index contributed by atoms with van der Waals surface area (Å²) in [6.07, 6.45) is 0. The quantitative estimate of drug-likeness (QED) is 0.668. The van der Waals surface area contributed by atoms with Crippen LogP contribution < -0.4 is 5.32 Å². The van der Waals surface area contributed by atoms with Gasteiger partial charge in [-0.05, 0) is 47.1 Å². The largest absolute Gasteiger partial charge is 0.350 e. The zero-order valence-electron chi connectivity index (χ0n) is 18.2. The maximum Gasteiger partial charge on any atom is 0.240 e. The van der Waals surface area contributed by atoms with Gasteiger partial charge in [0.25, 0.3) is 0 Å². The van der Waals surface area contributed by atoms with Crippen LogP contribution in [0.15, 0.2) is 29.4 Å². The number of carbonyl (C=O) groups is 2. The number of thioether (sulfide) groups is 1. The molecule has 0 saturated carbocycles. The van der Waals surface area contributed by atoms with Gasteiger partial charge in [-0.25, -0.2) is 0 Å². The van der Waals surface area contributed by atoms with Crippen molar-refractivity contribution in [2.24, 2.45) is 0 Å². The fourth-order valence-electron chi connectivity index (χ4n) is 2.93. The number of rotatable bonds is 8. The van der Waals surface area contributed by atoms with Gasteiger partial charge in [0.1, 0.15) is 0 Å². The number of hydrogen-bond donors (Lipinski definition) is 1. The van der Waals surface area contributed by atoms with Gasteiger partial charge in [0.2, 0.25) is 11.8 Å². The Balaban J connectivity index is 2.06. The van der Waals surface area contributed by atoms with Crippen molar-refractivity contribution in [1.82, 2.24) is 25.0 Å². The molecule has 0 aliphatic rings. The van der Waals surface area contributed by atoms with Gasteiger partial charge in [0.15, 0.2) is 11.0 Å². The first-order chi connectivity index (χ1) is 13.7. The Kier molecular flexibility index (Phi) is 7.84. The molecule has 0 saturated heterocycles. The van der Waals surface area contributed by atoms with E-state index >= 15 is 0 Å². The van der Waals surface area contributed by atoms with Gasteiger partial charge >= 0.3 is 0 Å². The molecular formula is C21H31N5O2S. The number of nitrogens with one attached hydrogen (secondary N) is 1. The highest BCUT2D eigenvalue weighted by Crippen LogP contribution is 2.26. The lowest BCUT2D eigenvalue weighted by molar-refractivity contribution is -0.134. The normalized spacial score (nSPS) is 11.4. The summed E-state index contributed by atoms with van der Waals surface area (Å²) in [5.41, 5.74) is 1.84. The minimum absolute atomic E-state index is 0.0576. The molecule has 7 nitrogen and oxygen atoms in total. The van der Waals surface area contributed by atoms with E-state index in [1.54, 1.807) is 4.90 Å². The van der Waals surface area contributed by atoms with E-state index in [9.17, 15) is 9.59 Å². The number of benzene rings is 1. The molecule has 8 heteroatoms. The Labute approximate surface area is 177 Å². The second-order valence-electron chi connectivity index (χ2n) is 7.86. The van der Waals surface area contributed by atoms with Crippen LogP contribution in [0.25, 0.3) is 11.4 Å². The Hall–Kier alpha value is -2.35. The van der Waals surface area contributed by atoms with Crippen LogP contribution in [0, 0.1) is 6.92 Å². The molecule has 1 heterocycles. The van der Waals surface area contributed by atoms with E-state index in [4.69, 9.17) is 0 Å². The van der Waals surface area contributed by atoms with Crippen molar-refractivity contribution in [2.75, 3.05) is 18.8 Å². The first-order valence-corrected chi connectivity index (χ1v) is 10.9. The van der Waals surface area contributed by atoms with Crippen molar-refractivity contribution in [3.05, 3.63) is 29.8 Å². The summed E-state index contributed by atoms with van der Waals surface area (Å²) in [7, 11) is 0. The molecule has 0 fully saturated rings. The number of amides is 2. The first kappa shape index (κ1) is 22.9. The highest BCUT2D eigenvalue weighted by atomic mass is 32.2. The van der Waals surface area contributed by atoms with Crippen LogP contribution in [0.4, 0.5) is 0 Å². The van der Waals surface area contributed by atoms with Crippen LogP contribution in [-0.2, 0) is 16.1 Å². The molecule has 1 N–H and O–H groups in total. The zero-order valence-corrected chi connectivity index (χ0v) is 19.0. The van der Waals surface area contributed by atoms with Crippen LogP contribution in [0.1, 0.15) is 40.2 Å². The van der Waals surface area contributed by atoms with Crippen LogP contribution in [0.3, 0.4) is 0 Å². The van der Waals surface area contributed by atoms with E-state index in [1.165, 1.54) is 11.8 Å². The summed E-state index contributed by atoms with van der Waals surface area (Å²) in [6.45, 7) is 13.0. The number of nitrogens with zero attached hydrogens (tertiary/aromatic N) is 4. The smallest absolute Gasteiger partial charge is 0.240 e. The second kappa shape index (κ2) is 9.91. The molecule has 1 aromatic heterocycles. The summed E-state index contributed by atoms with van der Waals surface area (Å²) in [5.74, 6) is 0.765. The zero-order chi connectivity index (χ0) is 21.6. The summed E-state index contributed by atoms with van der Waals surface area (Å²) in [5, 5.41) is 12.2. The van der Waals surface area contributed by atoms with E-state index in [2.05, 4.69) is 15.5 Å². The fraction of sp³-hybridized carbons (Fsp3) is 0.524. The second-order valence-corrected chi connectivity index (χ2v) is 8.80. The number of aryl methyl sites for hydroxylation is 1. The minimum Gasteiger partial charge on any atom is -0.350 e. The Morgan fingerprint density at radius 3 is 2.45 bits per heavy atom. The molecule has 0 radical (unpaired) electrons. The van der Waals surface area contributed by atoms with Crippen LogP contribution in [0.5, 0.6) is 0 Å². The Morgan fingerprint density at radius 1 is 1.17 bits per heavy atom. The maximum absolute atomic E-state index is 12.6. The van der Waals surface area contributed by atoms with Gasteiger partial charge in [-0.15, -0.1) is 10.2 Å². The lowest BCUT2D eigenvalue weighted by Gasteiger charge is -2.25. The fourth-order valence-corrected chi connectivity index (χ4v) is 3.83. The molecule has 0 atom stereocenters. The molecule has 2 aromatic rings. The van der Waals surface area contributed by atoms with Gasteiger partial charge in [0, 0.05) is 24.2 Å². The SMILES string of the molecule is CCN(CC(=O)NC(C)(C)C)C(=O)CSc1nnc(-c2ccccc2C)n1CC. The number of aromatic nitrogens is 3. The van der Waals surface area contributed by atoms with Gasteiger partial charge in [0.05, 0.1) is 12.3 Å².